The smallest absolute Gasteiger partial charge is 0.240 e. The van der Waals surface area contributed by atoms with E-state index in [-0.39, 0.29) is 12.5 Å². The molecule has 0 aliphatic heterocycles. The lowest BCUT2D eigenvalue weighted by Gasteiger charge is -2.11. The van der Waals surface area contributed by atoms with Gasteiger partial charge in [0.05, 0.1) is 0 Å². The van der Waals surface area contributed by atoms with E-state index in [1.165, 1.54) is 0 Å². The Kier molecular flexibility index (Phi) is 2.97. The summed E-state index contributed by atoms with van der Waals surface area (Å²) in [4.78, 5) is 2.76. The molecule has 1 N–H and O–H groups in total. The molecule has 0 fully saturated rings. The Morgan fingerprint density at radius 2 is 2.33 bits per heavy atom. The molecule has 0 radical (unpaired) electrons. The van der Waals surface area contributed by atoms with Crippen molar-refractivity contribution in [3.8, 4) is 0 Å². The van der Waals surface area contributed by atoms with Crippen LogP contribution in [-0.4, -0.2) is 16.0 Å². The predicted octanol–water partition coefficient (Wildman–Crippen LogP) is 2.76. The van der Waals surface area contributed by atoms with Gasteiger partial charge in [-0.15, -0.1) is 0 Å². The van der Waals surface area contributed by atoms with Crippen LogP contribution >= 0.6 is 12.2 Å². The van der Waals surface area contributed by atoms with Crippen molar-refractivity contribution in [2.45, 2.75) is 25.8 Å². The van der Waals surface area contributed by atoms with E-state index < -0.39 is 6.43 Å². The van der Waals surface area contributed by atoms with Gasteiger partial charge in [0.1, 0.15) is 0 Å². The first kappa shape index (κ1) is 9.38. The van der Waals surface area contributed by atoms with Crippen LogP contribution in [0.5, 0.6) is 0 Å². The van der Waals surface area contributed by atoms with Gasteiger partial charge in [-0.2, -0.15) is 0 Å². The molecule has 1 aromatic rings. The van der Waals surface area contributed by atoms with Crippen molar-refractivity contribution in [2.24, 2.45) is 0 Å². The average Bonchev–Trinajstić information content (AvgIpc) is 2.33. The summed E-state index contributed by atoms with van der Waals surface area (Å²) >= 11 is 4.88. The van der Waals surface area contributed by atoms with Crippen LogP contribution in [0.15, 0.2) is 12.4 Å². The molecule has 0 aliphatic carbocycles. The van der Waals surface area contributed by atoms with Gasteiger partial charge in [-0.05, 0) is 19.1 Å². The van der Waals surface area contributed by atoms with Gasteiger partial charge in [0.2, 0.25) is 6.43 Å². The largest absolute Gasteiger partial charge is 0.337 e. The number of aromatic amines is 1. The van der Waals surface area contributed by atoms with Crippen LogP contribution in [-0.2, 0) is 0 Å². The first-order chi connectivity index (χ1) is 5.61. The Morgan fingerprint density at radius 3 is 2.75 bits per heavy atom. The molecular weight excluding hydrogens is 182 g/mol. The molecule has 0 amide bonds. The summed E-state index contributed by atoms with van der Waals surface area (Å²) in [5.74, 6) is 0. The lowest BCUT2D eigenvalue weighted by molar-refractivity contribution is 0.119. The van der Waals surface area contributed by atoms with Crippen molar-refractivity contribution in [1.82, 2.24) is 9.55 Å². The van der Waals surface area contributed by atoms with Crippen LogP contribution in [0, 0.1) is 4.77 Å². The number of hydrogen-bond acceptors (Lipinski definition) is 1. The van der Waals surface area contributed by atoms with Gasteiger partial charge in [0, 0.05) is 24.9 Å². The van der Waals surface area contributed by atoms with Gasteiger partial charge < -0.3 is 9.55 Å². The number of aromatic nitrogens is 2. The standard InChI is InChI=1S/C7H10F2N2S/c1-5(4-6(8)9)11-3-2-10-7(11)12/h2-3,5-6H,4H2,1H3,(H,10,12). The molecule has 0 bridgehead atoms. The molecule has 1 atom stereocenters. The van der Waals surface area contributed by atoms with E-state index >= 15 is 0 Å². The van der Waals surface area contributed by atoms with E-state index in [4.69, 9.17) is 12.2 Å². The fourth-order valence-electron chi connectivity index (χ4n) is 1.05. The van der Waals surface area contributed by atoms with Gasteiger partial charge in [-0.25, -0.2) is 8.78 Å². The van der Waals surface area contributed by atoms with Crippen molar-refractivity contribution in [3.63, 3.8) is 0 Å². The fraction of sp³-hybridized carbons (Fsp3) is 0.571. The van der Waals surface area contributed by atoms with E-state index in [9.17, 15) is 8.78 Å². The highest BCUT2D eigenvalue weighted by molar-refractivity contribution is 7.71. The third-order valence-corrected chi connectivity index (χ3v) is 2.00. The summed E-state index contributed by atoms with van der Waals surface area (Å²) in [6, 6.07) is -0.247. The van der Waals surface area contributed by atoms with E-state index in [0.717, 1.165) is 0 Å². The molecule has 5 heteroatoms. The molecule has 0 spiro atoms. The Bertz CT molecular complexity index is 292. The summed E-state index contributed by atoms with van der Waals surface area (Å²) in [5, 5.41) is 0. The van der Waals surface area contributed by atoms with Crippen LogP contribution in [0.1, 0.15) is 19.4 Å². The molecule has 0 saturated heterocycles. The SMILES string of the molecule is CC(CC(F)F)n1cc[nH]c1=S. The zero-order valence-corrected chi connectivity index (χ0v) is 7.44. The number of rotatable bonds is 3. The summed E-state index contributed by atoms with van der Waals surface area (Å²) in [7, 11) is 0. The second kappa shape index (κ2) is 3.80. The number of H-pyrrole nitrogens is 1. The van der Waals surface area contributed by atoms with Gasteiger partial charge in [0.15, 0.2) is 4.77 Å². The quantitative estimate of drug-likeness (QED) is 0.730. The second-order valence-corrected chi connectivity index (χ2v) is 3.04. The van der Waals surface area contributed by atoms with Crippen LogP contribution in [0.25, 0.3) is 0 Å². The highest BCUT2D eigenvalue weighted by Gasteiger charge is 2.11. The Balaban J connectivity index is 2.71. The maximum Gasteiger partial charge on any atom is 0.240 e. The van der Waals surface area contributed by atoms with Crippen molar-refractivity contribution >= 4 is 12.2 Å². The normalized spacial score (nSPS) is 13.7. The minimum atomic E-state index is -2.28. The Hall–Kier alpha value is -0.710. The Morgan fingerprint density at radius 1 is 1.67 bits per heavy atom. The molecule has 0 aliphatic rings. The lowest BCUT2D eigenvalue weighted by Crippen LogP contribution is -2.08. The summed E-state index contributed by atoms with van der Waals surface area (Å²) < 4.78 is 26.0. The summed E-state index contributed by atoms with van der Waals surface area (Å²) in [5.41, 5.74) is 0. The van der Waals surface area contributed by atoms with Crippen LogP contribution in [0.2, 0.25) is 0 Å². The van der Waals surface area contributed by atoms with E-state index in [2.05, 4.69) is 4.98 Å². The second-order valence-electron chi connectivity index (χ2n) is 2.65. The number of nitrogens with zero attached hydrogens (tertiary/aromatic N) is 1. The molecule has 2 nitrogen and oxygen atoms in total. The zero-order chi connectivity index (χ0) is 9.14. The number of alkyl halides is 2. The van der Waals surface area contributed by atoms with Crippen molar-refractivity contribution in [1.29, 1.82) is 0 Å². The molecule has 1 rings (SSSR count). The first-order valence-electron chi connectivity index (χ1n) is 3.65. The van der Waals surface area contributed by atoms with Gasteiger partial charge >= 0.3 is 0 Å². The molecular formula is C7H10F2N2S. The molecule has 0 saturated carbocycles. The molecule has 68 valence electrons. The maximum atomic E-state index is 12.0. The topological polar surface area (TPSA) is 20.7 Å². The molecule has 1 heterocycles. The molecule has 0 aromatic carbocycles. The average molecular weight is 192 g/mol. The van der Waals surface area contributed by atoms with Gasteiger partial charge in [-0.3, -0.25) is 0 Å². The first-order valence-corrected chi connectivity index (χ1v) is 4.05. The fourth-order valence-corrected chi connectivity index (χ4v) is 1.36. The summed E-state index contributed by atoms with van der Waals surface area (Å²) in [6.07, 6.45) is 0.878. The van der Waals surface area contributed by atoms with Crippen molar-refractivity contribution < 1.29 is 8.78 Å². The summed E-state index contributed by atoms with van der Waals surface area (Å²) in [6.45, 7) is 1.72. The van der Waals surface area contributed by atoms with Gasteiger partial charge in [0.25, 0.3) is 0 Å². The minimum Gasteiger partial charge on any atom is -0.337 e. The Labute approximate surface area is 74.2 Å². The number of hydrogen-bond donors (Lipinski definition) is 1. The number of nitrogens with one attached hydrogen (secondary N) is 1. The van der Waals surface area contributed by atoms with E-state index in [0.29, 0.717) is 4.77 Å². The highest BCUT2D eigenvalue weighted by atomic mass is 32.1. The van der Waals surface area contributed by atoms with Crippen molar-refractivity contribution in [2.75, 3.05) is 0 Å². The van der Waals surface area contributed by atoms with Crippen molar-refractivity contribution in [3.05, 3.63) is 17.2 Å². The number of halogens is 2. The van der Waals surface area contributed by atoms with Gasteiger partial charge in [-0.1, -0.05) is 0 Å². The highest BCUT2D eigenvalue weighted by Crippen LogP contribution is 2.15. The lowest BCUT2D eigenvalue weighted by atomic mass is 10.2. The molecule has 1 unspecified atom stereocenters. The molecule has 1 aromatic heterocycles. The van der Waals surface area contributed by atoms with E-state index in [1.807, 2.05) is 0 Å². The van der Waals surface area contributed by atoms with Crippen LogP contribution in [0.3, 0.4) is 0 Å². The predicted molar refractivity (Wildman–Crippen MR) is 44.9 cm³/mol. The number of imidazole rings is 1. The third kappa shape index (κ3) is 2.14. The maximum absolute atomic E-state index is 12.0. The molecule has 12 heavy (non-hydrogen) atoms. The van der Waals surface area contributed by atoms with E-state index in [1.54, 1.807) is 23.9 Å². The van der Waals surface area contributed by atoms with Crippen LogP contribution < -0.4 is 0 Å². The minimum absolute atomic E-state index is 0.161. The van der Waals surface area contributed by atoms with Crippen LogP contribution in [0.4, 0.5) is 8.78 Å². The third-order valence-electron chi connectivity index (χ3n) is 1.67. The zero-order valence-electron chi connectivity index (χ0n) is 6.63. The monoisotopic (exact) mass is 192 g/mol.